The molecule has 1 saturated carbocycles. The predicted octanol–water partition coefficient (Wildman–Crippen LogP) is 4.98. The molecule has 1 fully saturated rings. The van der Waals surface area contributed by atoms with E-state index in [1.54, 1.807) is 6.92 Å². The van der Waals surface area contributed by atoms with Gasteiger partial charge in [-0.2, -0.15) is 0 Å². The average molecular weight is 406 g/mol. The van der Waals surface area contributed by atoms with E-state index in [9.17, 15) is 9.59 Å². The zero-order valence-corrected chi connectivity index (χ0v) is 17.0. The molecule has 6 heteroatoms. The van der Waals surface area contributed by atoms with Crippen LogP contribution < -0.4 is 15.4 Å². The molecule has 1 aliphatic heterocycles. The number of para-hydroxylation sites is 1. The van der Waals surface area contributed by atoms with Crippen molar-refractivity contribution in [2.75, 3.05) is 0 Å². The molecule has 156 valence electrons. The molecule has 1 atom stereocenters. The lowest BCUT2D eigenvalue weighted by Crippen LogP contribution is -2.45. The van der Waals surface area contributed by atoms with Crippen molar-refractivity contribution in [2.24, 2.45) is 0 Å². The van der Waals surface area contributed by atoms with Gasteiger partial charge in [0.15, 0.2) is 0 Å². The number of amides is 2. The van der Waals surface area contributed by atoms with Crippen LogP contribution in [-0.2, 0) is 9.53 Å². The lowest BCUT2D eigenvalue weighted by molar-refractivity contribution is -0.146. The van der Waals surface area contributed by atoms with E-state index in [4.69, 9.17) is 9.47 Å². The second kappa shape index (κ2) is 9.03. The van der Waals surface area contributed by atoms with Crippen LogP contribution in [0.2, 0.25) is 0 Å². The smallest absolute Gasteiger partial charge is 0.338 e. The van der Waals surface area contributed by atoms with Gasteiger partial charge in [0.25, 0.3) is 0 Å². The molecule has 1 heterocycles. The van der Waals surface area contributed by atoms with Crippen LogP contribution in [0.15, 0.2) is 65.9 Å². The molecular formula is C24H26N2O4. The van der Waals surface area contributed by atoms with Gasteiger partial charge in [0.05, 0.1) is 11.6 Å². The molecule has 30 heavy (non-hydrogen) atoms. The number of urea groups is 1. The summed E-state index contributed by atoms with van der Waals surface area (Å²) in [6.07, 6.45) is 5.06. The van der Waals surface area contributed by atoms with Crippen LogP contribution in [0, 0.1) is 0 Å². The van der Waals surface area contributed by atoms with Crippen LogP contribution in [0.3, 0.4) is 0 Å². The van der Waals surface area contributed by atoms with E-state index in [0.29, 0.717) is 22.8 Å². The first-order valence-corrected chi connectivity index (χ1v) is 10.4. The van der Waals surface area contributed by atoms with E-state index in [0.717, 1.165) is 31.2 Å². The van der Waals surface area contributed by atoms with Crippen molar-refractivity contribution in [1.82, 2.24) is 10.6 Å². The summed E-state index contributed by atoms with van der Waals surface area (Å²) in [5, 5.41) is 5.56. The zero-order valence-electron chi connectivity index (χ0n) is 17.0. The van der Waals surface area contributed by atoms with Gasteiger partial charge >= 0.3 is 12.0 Å². The topological polar surface area (TPSA) is 76.7 Å². The molecule has 2 aliphatic rings. The van der Waals surface area contributed by atoms with Gasteiger partial charge in [0, 0.05) is 5.70 Å². The highest BCUT2D eigenvalue weighted by Crippen LogP contribution is 2.32. The maximum Gasteiger partial charge on any atom is 0.338 e. The summed E-state index contributed by atoms with van der Waals surface area (Å²) in [5.41, 5.74) is 1.70. The molecule has 6 nitrogen and oxygen atoms in total. The lowest BCUT2D eigenvalue weighted by atomic mass is 9.94. The number of esters is 1. The number of rotatable bonds is 5. The molecule has 2 amide bonds. The fourth-order valence-electron chi connectivity index (χ4n) is 3.99. The summed E-state index contributed by atoms with van der Waals surface area (Å²) >= 11 is 0. The molecule has 0 radical (unpaired) electrons. The summed E-state index contributed by atoms with van der Waals surface area (Å²) in [4.78, 5) is 25.2. The predicted molar refractivity (Wildman–Crippen MR) is 113 cm³/mol. The Balaban J connectivity index is 1.59. The number of ether oxygens (including phenoxy) is 2. The number of benzene rings is 2. The van der Waals surface area contributed by atoms with Crippen molar-refractivity contribution in [3.05, 3.63) is 71.4 Å². The molecule has 0 saturated heterocycles. The standard InChI is InChI=1S/C24H26N2O4/c1-16-21(23(27)30-19-12-6-3-7-13-19)22(26-24(28)25-16)17-9-8-14-20(15-17)29-18-10-4-2-5-11-18/h2,4-5,8-11,14-15,19,22H,3,6-7,12-13H2,1H3,(H2,25,26,28)/t22-/m0/s1. The Morgan fingerprint density at radius 3 is 2.47 bits per heavy atom. The number of hydrogen-bond acceptors (Lipinski definition) is 4. The molecule has 0 spiro atoms. The second-order valence-corrected chi connectivity index (χ2v) is 7.72. The van der Waals surface area contributed by atoms with E-state index < -0.39 is 6.04 Å². The molecule has 1 aliphatic carbocycles. The van der Waals surface area contributed by atoms with Crippen LogP contribution in [0.1, 0.15) is 50.6 Å². The SMILES string of the molecule is CC1=C(C(=O)OC2CCCCC2)[C@H](c2cccc(Oc3ccccc3)c2)NC(=O)N1. The molecule has 0 bridgehead atoms. The van der Waals surface area contributed by atoms with Crippen LogP contribution in [0.4, 0.5) is 4.79 Å². The molecule has 0 aromatic heterocycles. The Morgan fingerprint density at radius 2 is 1.70 bits per heavy atom. The van der Waals surface area contributed by atoms with E-state index in [1.165, 1.54) is 6.42 Å². The highest BCUT2D eigenvalue weighted by Gasteiger charge is 2.33. The minimum atomic E-state index is -0.603. The van der Waals surface area contributed by atoms with Crippen LogP contribution >= 0.6 is 0 Å². The Labute approximate surface area is 176 Å². The minimum Gasteiger partial charge on any atom is -0.459 e. The van der Waals surface area contributed by atoms with Gasteiger partial charge in [-0.3, -0.25) is 0 Å². The minimum absolute atomic E-state index is 0.0578. The van der Waals surface area contributed by atoms with Gasteiger partial charge in [0.2, 0.25) is 0 Å². The third kappa shape index (κ3) is 4.64. The lowest BCUT2D eigenvalue weighted by Gasteiger charge is -2.30. The van der Waals surface area contributed by atoms with E-state index >= 15 is 0 Å². The first-order chi connectivity index (χ1) is 14.6. The maximum atomic E-state index is 13.0. The summed E-state index contributed by atoms with van der Waals surface area (Å²) in [6.45, 7) is 1.73. The molecule has 2 N–H and O–H groups in total. The quantitative estimate of drug-likeness (QED) is 0.687. The average Bonchev–Trinajstić information content (AvgIpc) is 2.75. The van der Waals surface area contributed by atoms with Crippen LogP contribution in [-0.4, -0.2) is 18.1 Å². The number of nitrogens with one attached hydrogen (secondary N) is 2. The van der Waals surface area contributed by atoms with Crippen LogP contribution in [0.5, 0.6) is 11.5 Å². The number of carbonyl (C=O) groups is 2. The van der Waals surface area contributed by atoms with E-state index in [1.807, 2.05) is 54.6 Å². The Kier molecular flexibility index (Phi) is 6.02. The number of hydrogen-bond donors (Lipinski definition) is 2. The van der Waals surface area contributed by atoms with Gasteiger partial charge in [-0.05, 0) is 62.4 Å². The van der Waals surface area contributed by atoms with Crippen molar-refractivity contribution in [2.45, 2.75) is 51.2 Å². The summed E-state index contributed by atoms with van der Waals surface area (Å²) in [5.74, 6) is 0.961. The molecule has 2 aromatic rings. The van der Waals surface area contributed by atoms with Gasteiger partial charge in [-0.15, -0.1) is 0 Å². The Bertz CT molecular complexity index is 949. The van der Waals surface area contributed by atoms with Crippen LogP contribution in [0.25, 0.3) is 0 Å². The van der Waals surface area contributed by atoms with Gasteiger partial charge in [0.1, 0.15) is 17.6 Å². The second-order valence-electron chi connectivity index (χ2n) is 7.72. The third-order valence-corrected chi connectivity index (χ3v) is 5.49. The Morgan fingerprint density at radius 1 is 0.967 bits per heavy atom. The maximum absolute atomic E-state index is 13.0. The van der Waals surface area contributed by atoms with Gasteiger partial charge in [-0.1, -0.05) is 36.8 Å². The summed E-state index contributed by atoms with van der Waals surface area (Å²) < 4.78 is 11.7. The Hall–Kier alpha value is -3.28. The number of allylic oxidation sites excluding steroid dienone is 1. The largest absolute Gasteiger partial charge is 0.459 e. The van der Waals surface area contributed by atoms with E-state index in [2.05, 4.69) is 10.6 Å². The van der Waals surface area contributed by atoms with E-state index in [-0.39, 0.29) is 18.1 Å². The highest BCUT2D eigenvalue weighted by atomic mass is 16.5. The molecular weight excluding hydrogens is 380 g/mol. The summed E-state index contributed by atoms with van der Waals surface area (Å²) in [7, 11) is 0. The normalized spacial score (nSPS) is 19.6. The fourth-order valence-corrected chi connectivity index (χ4v) is 3.99. The van der Waals surface area contributed by atoms with Crippen molar-refractivity contribution >= 4 is 12.0 Å². The summed E-state index contributed by atoms with van der Waals surface area (Å²) in [6, 6.07) is 15.9. The van der Waals surface area contributed by atoms with Gasteiger partial charge < -0.3 is 20.1 Å². The number of carbonyl (C=O) groups excluding carboxylic acids is 2. The molecule has 2 aromatic carbocycles. The highest BCUT2D eigenvalue weighted by molar-refractivity contribution is 5.95. The monoisotopic (exact) mass is 406 g/mol. The zero-order chi connectivity index (χ0) is 20.9. The van der Waals surface area contributed by atoms with Crippen molar-refractivity contribution < 1.29 is 19.1 Å². The molecule has 4 rings (SSSR count). The third-order valence-electron chi connectivity index (χ3n) is 5.49. The van der Waals surface area contributed by atoms with Crippen molar-refractivity contribution in [1.29, 1.82) is 0 Å². The fraction of sp³-hybridized carbons (Fsp3) is 0.333. The van der Waals surface area contributed by atoms with Crippen molar-refractivity contribution in [3.63, 3.8) is 0 Å². The first-order valence-electron chi connectivity index (χ1n) is 10.4. The first kappa shape index (κ1) is 20.0. The van der Waals surface area contributed by atoms with Gasteiger partial charge in [-0.25, -0.2) is 9.59 Å². The van der Waals surface area contributed by atoms with Crippen molar-refractivity contribution in [3.8, 4) is 11.5 Å². The molecule has 0 unspecified atom stereocenters.